The van der Waals surface area contributed by atoms with Crippen LogP contribution in [0.3, 0.4) is 0 Å². The zero-order valence-electron chi connectivity index (χ0n) is 29.6. The Bertz CT molecular complexity index is 2440. The van der Waals surface area contributed by atoms with Crippen molar-refractivity contribution in [2.24, 2.45) is 0 Å². The summed E-state index contributed by atoms with van der Waals surface area (Å²) >= 11 is 0. The molecule has 0 saturated carbocycles. The zero-order chi connectivity index (χ0) is 41.9. The minimum Gasteiger partial charge on any atom is -0.423 e. The Labute approximate surface area is 322 Å². The van der Waals surface area contributed by atoms with Gasteiger partial charge in [-0.05, 0) is 91.9 Å². The number of halogens is 4. The molecule has 4 rings (SSSR count). The van der Waals surface area contributed by atoms with Gasteiger partial charge in [-0.15, -0.1) is 0 Å². The summed E-state index contributed by atoms with van der Waals surface area (Å²) in [5.41, 5.74) is -1.30. The summed E-state index contributed by atoms with van der Waals surface area (Å²) in [4.78, 5) is 60.7. The second kappa shape index (κ2) is 18.4. The normalized spacial score (nSPS) is 10.2. The Kier molecular flexibility index (Phi) is 13.5. The first-order chi connectivity index (χ1) is 26.9. The Balaban J connectivity index is 1.65. The first kappa shape index (κ1) is 41.8. The first-order valence-electron chi connectivity index (χ1n) is 15.9. The summed E-state index contributed by atoms with van der Waals surface area (Å²) in [6.45, 7) is 13.9. The van der Waals surface area contributed by atoms with E-state index in [1.165, 1.54) is 85.8 Å². The van der Waals surface area contributed by atoms with Crippen LogP contribution in [0, 0.1) is 23.7 Å². The van der Waals surface area contributed by atoms with Crippen LogP contribution in [0.15, 0.2) is 134 Å². The van der Waals surface area contributed by atoms with Crippen LogP contribution in [-0.4, -0.2) is 36.0 Å². The number of esters is 5. The molecular weight excluding hydrogens is 752 g/mol. The van der Waals surface area contributed by atoms with Gasteiger partial charge in [0, 0.05) is 28.3 Å². The van der Waals surface area contributed by atoms with Crippen LogP contribution in [0.4, 0.5) is 17.6 Å². The van der Waals surface area contributed by atoms with Crippen LogP contribution < -0.4 is 23.7 Å². The van der Waals surface area contributed by atoms with Gasteiger partial charge in [-0.1, -0.05) is 50.0 Å². The van der Waals surface area contributed by atoms with Gasteiger partial charge in [0.25, 0.3) is 0 Å². The number of ether oxygens (including phenoxy) is 5. The molecule has 0 bridgehead atoms. The van der Waals surface area contributed by atoms with E-state index in [0.29, 0.717) is 5.56 Å². The smallest absolute Gasteiger partial charge is 0.422 e. The highest BCUT2D eigenvalue weighted by Gasteiger charge is 2.38. The van der Waals surface area contributed by atoms with Crippen LogP contribution in [0.5, 0.6) is 28.7 Å². The number of benzene rings is 4. The van der Waals surface area contributed by atoms with Crippen molar-refractivity contribution >= 4 is 29.8 Å². The molecule has 0 unspecified atom stereocenters. The summed E-state index contributed by atoms with van der Waals surface area (Å²) in [6, 6.07) is 19.0. The number of carbonyl (C=O) groups is 5. The topological polar surface area (TPSA) is 132 Å². The van der Waals surface area contributed by atoms with Crippen molar-refractivity contribution in [2.45, 2.75) is 13.1 Å². The molecule has 0 heterocycles. The van der Waals surface area contributed by atoms with Crippen LogP contribution >= 0.6 is 0 Å². The van der Waals surface area contributed by atoms with Crippen molar-refractivity contribution in [1.29, 1.82) is 0 Å². The van der Waals surface area contributed by atoms with E-state index in [-0.39, 0.29) is 50.8 Å². The van der Waals surface area contributed by atoms with Gasteiger partial charge in [-0.2, -0.15) is 17.6 Å². The molecule has 0 aliphatic heterocycles. The highest BCUT2D eigenvalue weighted by Crippen LogP contribution is 2.33. The molecule has 4 aromatic rings. The van der Waals surface area contributed by atoms with E-state index in [1.54, 1.807) is 0 Å². The predicted molar refractivity (Wildman–Crippen MR) is 196 cm³/mol. The second-order valence-corrected chi connectivity index (χ2v) is 11.3. The van der Waals surface area contributed by atoms with E-state index >= 15 is 0 Å². The van der Waals surface area contributed by atoms with Crippen molar-refractivity contribution in [3.8, 4) is 52.4 Å². The molecule has 0 fully saturated rings. The molecule has 10 nitrogen and oxygen atoms in total. The van der Waals surface area contributed by atoms with Gasteiger partial charge in [-0.25, -0.2) is 24.0 Å². The van der Waals surface area contributed by atoms with Crippen LogP contribution in [0.1, 0.15) is 39.5 Å². The fourth-order valence-electron chi connectivity index (χ4n) is 4.05. The minimum atomic E-state index is -5.15. The lowest BCUT2D eigenvalue weighted by Gasteiger charge is -2.13. The average molecular weight is 779 g/mol. The molecule has 14 heteroatoms. The fourth-order valence-corrected chi connectivity index (χ4v) is 4.05. The maximum Gasteiger partial charge on any atom is 0.422 e. The van der Waals surface area contributed by atoms with Crippen molar-refractivity contribution in [2.75, 3.05) is 0 Å². The Hall–Kier alpha value is -7.97. The number of carbonyl (C=O) groups excluding carboxylic acids is 5. The van der Waals surface area contributed by atoms with E-state index in [1.807, 2.05) is 0 Å². The third kappa shape index (κ3) is 12.0. The fraction of sp³-hybridized carbons (Fsp3) is 0.0465. The van der Waals surface area contributed by atoms with E-state index in [9.17, 15) is 41.5 Å². The van der Waals surface area contributed by atoms with Gasteiger partial charge >= 0.3 is 36.0 Å². The Morgan fingerprint density at radius 1 is 0.596 bits per heavy atom. The van der Waals surface area contributed by atoms with E-state index < -0.39 is 53.2 Å². The molecule has 0 spiro atoms. The van der Waals surface area contributed by atoms with Crippen molar-refractivity contribution in [1.82, 2.24) is 0 Å². The summed E-state index contributed by atoms with van der Waals surface area (Å²) in [7, 11) is 0. The molecule has 286 valence electrons. The third-order valence-corrected chi connectivity index (χ3v) is 6.92. The van der Waals surface area contributed by atoms with Crippen molar-refractivity contribution in [3.05, 3.63) is 162 Å². The third-order valence-electron chi connectivity index (χ3n) is 6.92. The summed E-state index contributed by atoms with van der Waals surface area (Å²) in [5, 5.41) is 0. The molecule has 0 aromatic heterocycles. The molecule has 0 aliphatic rings. The van der Waals surface area contributed by atoms with Crippen molar-refractivity contribution < 1.29 is 65.2 Å². The lowest BCUT2D eigenvalue weighted by molar-refractivity contribution is -0.142. The number of alkyl halides is 3. The lowest BCUT2D eigenvalue weighted by atomic mass is 10.1. The standard InChI is InChI=1S/C43H26F4O10/c1-6-38(48)56-36-23-30(8-7-28-9-14-31(15-10-28)42(52)55-34-20-18-33(19-21-34)53-39(49)25(2)3)24-37(57-40(50)26(4)43(45,46)47)35(36)22-13-29-11-16-32(17-12-29)54-41(51)27(5)44/h6,9-12,14-21,23-24H,1-2,4-5H2,3H3. The quantitative estimate of drug-likeness (QED) is 0.0519. The molecule has 0 radical (unpaired) electrons. The summed E-state index contributed by atoms with van der Waals surface area (Å²) in [6.07, 6.45) is -4.36. The van der Waals surface area contributed by atoms with E-state index in [0.717, 1.165) is 12.1 Å². The molecular formula is C43H26F4O10. The first-order valence-corrected chi connectivity index (χ1v) is 15.9. The van der Waals surface area contributed by atoms with Gasteiger partial charge in [-0.3, -0.25) is 0 Å². The predicted octanol–water partition coefficient (Wildman–Crippen LogP) is 7.69. The van der Waals surface area contributed by atoms with Gasteiger partial charge in [0.05, 0.1) is 5.56 Å². The summed E-state index contributed by atoms with van der Waals surface area (Å²) < 4.78 is 78.6. The van der Waals surface area contributed by atoms with E-state index in [4.69, 9.17) is 23.7 Å². The molecule has 0 amide bonds. The molecule has 0 N–H and O–H groups in total. The number of hydrogen-bond donors (Lipinski definition) is 0. The van der Waals surface area contributed by atoms with Crippen LogP contribution in [0.2, 0.25) is 0 Å². The highest BCUT2D eigenvalue weighted by molar-refractivity contribution is 5.92. The largest absolute Gasteiger partial charge is 0.423 e. The minimum absolute atomic E-state index is 0.0192. The molecule has 0 aliphatic carbocycles. The van der Waals surface area contributed by atoms with Gasteiger partial charge < -0.3 is 23.7 Å². The SMILES string of the molecule is C=CC(=O)Oc1cc(C#Cc2ccc(C(=O)Oc3ccc(OC(=O)C(=C)C)cc3)cc2)cc(OC(=O)C(=C)C(F)(F)F)c1C#Cc1ccc(OC(=O)C(=C)F)cc1. The zero-order valence-corrected chi connectivity index (χ0v) is 29.6. The van der Waals surface area contributed by atoms with Gasteiger partial charge in [0.1, 0.15) is 28.4 Å². The lowest BCUT2D eigenvalue weighted by Crippen LogP contribution is -2.23. The molecule has 0 saturated heterocycles. The Morgan fingerprint density at radius 3 is 1.56 bits per heavy atom. The van der Waals surface area contributed by atoms with Crippen LogP contribution in [0.25, 0.3) is 0 Å². The highest BCUT2D eigenvalue weighted by atomic mass is 19.4. The average Bonchev–Trinajstić information content (AvgIpc) is 3.17. The number of rotatable bonds is 10. The Morgan fingerprint density at radius 2 is 1.05 bits per heavy atom. The molecule has 4 aromatic carbocycles. The number of hydrogen-bond acceptors (Lipinski definition) is 10. The van der Waals surface area contributed by atoms with Gasteiger partial charge in [0.2, 0.25) is 5.83 Å². The monoisotopic (exact) mass is 778 g/mol. The maximum atomic E-state index is 13.3. The van der Waals surface area contributed by atoms with Crippen LogP contribution in [-0.2, 0) is 19.2 Å². The molecule has 0 atom stereocenters. The van der Waals surface area contributed by atoms with E-state index in [2.05, 4.69) is 50.0 Å². The van der Waals surface area contributed by atoms with Gasteiger partial charge in [0.15, 0.2) is 11.5 Å². The second-order valence-electron chi connectivity index (χ2n) is 11.3. The van der Waals surface area contributed by atoms with Crippen molar-refractivity contribution in [3.63, 3.8) is 0 Å². The molecule has 57 heavy (non-hydrogen) atoms. The summed E-state index contributed by atoms with van der Waals surface area (Å²) in [5.74, 6) is 3.23. The maximum absolute atomic E-state index is 13.3.